The van der Waals surface area contributed by atoms with Gasteiger partial charge in [-0.3, -0.25) is 0 Å². The molecular formula is C12H20N2O2S2. The number of thioether (sulfide) groups is 2. The molecule has 0 aromatic carbocycles. The molecule has 0 bridgehead atoms. The van der Waals surface area contributed by atoms with Crippen molar-refractivity contribution in [3.8, 4) is 0 Å². The molecule has 0 heterocycles. The van der Waals surface area contributed by atoms with Crippen LogP contribution in [-0.2, 0) is 9.59 Å². The Labute approximate surface area is 117 Å². The first kappa shape index (κ1) is 17.5. The van der Waals surface area contributed by atoms with E-state index in [2.05, 4.69) is 9.98 Å². The quantitative estimate of drug-likeness (QED) is 0.297. The summed E-state index contributed by atoms with van der Waals surface area (Å²) in [4.78, 5) is 26.6. The minimum Gasteiger partial charge on any atom is -0.211 e. The summed E-state index contributed by atoms with van der Waals surface area (Å²) < 4.78 is 0. The second kappa shape index (κ2) is 16.5. The summed E-state index contributed by atoms with van der Waals surface area (Å²) in [5.74, 6) is 4.63. The molecule has 0 aliphatic heterocycles. The average molecular weight is 288 g/mol. The van der Waals surface area contributed by atoms with Gasteiger partial charge >= 0.3 is 0 Å². The lowest BCUT2D eigenvalue weighted by atomic mass is 10.3. The van der Waals surface area contributed by atoms with Gasteiger partial charge in [-0.2, -0.15) is 23.5 Å². The van der Waals surface area contributed by atoms with Crippen LogP contribution in [0.15, 0.2) is 9.98 Å². The molecule has 0 aliphatic rings. The van der Waals surface area contributed by atoms with Crippen LogP contribution in [0.5, 0.6) is 0 Å². The topological polar surface area (TPSA) is 58.9 Å². The standard InChI is InChI=1S/C12H20N2O2S2/c15-11-13-5-1-3-7-17-9-10-18-8-4-2-6-14-12-16/h1-10H2. The number of carbonyl (C=O) groups excluding carboxylic acids is 2. The number of nitrogens with zero attached hydrogens (tertiary/aromatic N) is 2. The molecule has 0 unspecified atom stereocenters. The summed E-state index contributed by atoms with van der Waals surface area (Å²) in [5.41, 5.74) is 0. The van der Waals surface area contributed by atoms with E-state index in [-0.39, 0.29) is 0 Å². The Morgan fingerprint density at radius 1 is 0.667 bits per heavy atom. The normalized spacial score (nSPS) is 9.56. The van der Waals surface area contributed by atoms with Gasteiger partial charge < -0.3 is 0 Å². The SMILES string of the molecule is O=C=NCCCCSCCSCCCCN=C=O. The summed E-state index contributed by atoms with van der Waals surface area (Å²) in [6, 6.07) is 0. The molecule has 6 heteroatoms. The lowest BCUT2D eigenvalue weighted by Gasteiger charge is -2.01. The molecule has 0 saturated carbocycles. The van der Waals surface area contributed by atoms with Crippen LogP contribution in [0.25, 0.3) is 0 Å². The fraction of sp³-hybridized carbons (Fsp3) is 0.833. The summed E-state index contributed by atoms with van der Waals surface area (Å²) in [7, 11) is 0. The number of hydrogen-bond acceptors (Lipinski definition) is 6. The van der Waals surface area contributed by atoms with E-state index in [0.717, 1.165) is 37.2 Å². The van der Waals surface area contributed by atoms with Crippen molar-refractivity contribution in [2.24, 2.45) is 9.98 Å². The first-order chi connectivity index (χ1) is 8.91. The fourth-order valence-corrected chi connectivity index (χ4v) is 3.37. The number of aliphatic imine (C=N–C) groups is 2. The average Bonchev–Trinajstić information content (AvgIpc) is 2.39. The van der Waals surface area contributed by atoms with Crippen LogP contribution >= 0.6 is 23.5 Å². The molecular weight excluding hydrogens is 268 g/mol. The number of hydrogen-bond donors (Lipinski definition) is 0. The van der Waals surface area contributed by atoms with Gasteiger partial charge in [0.2, 0.25) is 12.2 Å². The molecule has 18 heavy (non-hydrogen) atoms. The number of isocyanates is 2. The largest absolute Gasteiger partial charge is 0.234 e. The monoisotopic (exact) mass is 288 g/mol. The zero-order valence-electron chi connectivity index (χ0n) is 10.6. The van der Waals surface area contributed by atoms with Gasteiger partial charge in [0.25, 0.3) is 0 Å². The fourth-order valence-electron chi connectivity index (χ4n) is 1.20. The van der Waals surface area contributed by atoms with E-state index in [4.69, 9.17) is 0 Å². The Balaban J connectivity index is 2.98. The highest BCUT2D eigenvalue weighted by Gasteiger charge is 1.93. The predicted molar refractivity (Wildman–Crippen MR) is 79.1 cm³/mol. The van der Waals surface area contributed by atoms with Crippen LogP contribution in [0.4, 0.5) is 0 Å². The summed E-state index contributed by atoms with van der Waals surface area (Å²) in [5, 5.41) is 0. The molecule has 0 aromatic rings. The summed E-state index contributed by atoms with van der Waals surface area (Å²) >= 11 is 3.90. The van der Waals surface area contributed by atoms with Gasteiger partial charge in [0.1, 0.15) is 0 Å². The lowest BCUT2D eigenvalue weighted by Crippen LogP contribution is -1.91. The molecule has 4 nitrogen and oxygen atoms in total. The van der Waals surface area contributed by atoms with Gasteiger partial charge in [-0.1, -0.05) is 0 Å². The van der Waals surface area contributed by atoms with E-state index >= 15 is 0 Å². The first-order valence-electron chi connectivity index (χ1n) is 6.14. The zero-order chi connectivity index (χ0) is 13.3. The Hall–Kier alpha value is -0.540. The molecule has 0 aromatic heterocycles. The van der Waals surface area contributed by atoms with Crippen molar-refractivity contribution in [3.05, 3.63) is 0 Å². The van der Waals surface area contributed by atoms with Crippen LogP contribution in [-0.4, -0.2) is 48.3 Å². The molecule has 0 fully saturated rings. The molecule has 0 amide bonds. The highest BCUT2D eigenvalue weighted by atomic mass is 32.2. The van der Waals surface area contributed by atoms with Crippen LogP contribution < -0.4 is 0 Å². The maximum absolute atomic E-state index is 9.80. The molecule has 0 radical (unpaired) electrons. The second-order valence-corrected chi connectivity index (χ2v) is 6.03. The van der Waals surface area contributed by atoms with Crippen LogP contribution in [0, 0.1) is 0 Å². The van der Waals surface area contributed by atoms with Crippen LogP contribution in [0.2, 0.25) is 0 Å². The first-order valence-corrected chi connectivity index (χ1v) is 8.45. The van der Waals surface area contributed by atoms with Crippen molar-refractivity contribution < 1.29 is 9.59 Å². The van der Waals surface area contributed by atoms with Crippen LogP contribution in [0.1, 0.15) is 25.7 Å². The van der Waals surface area contributed by atoms with Crippen molar-refractivity contribution in [1.29, 1.82) is 0 Å². The van der Waals surface area contributed by atoms with E-state index in [1.807, 2.05) is 23.5 Å². The third-order valence-electron chi connectivity index (χ3n) is 2.12. The molecule has 102 valence electrons. The van der Waals surface area contributed by atoms with Gasteiger partial charge in [-0.25, -0.2) is 19.6 Å². The smallest absolute Gasteiger partial charge is 0.211 e. The van der Waals surface area contributed by atoms with Gasteiger partial charge in [0.05, 0.1) is 13.1 Å². The molecule has 0 N–H and O–H groups in total. The van der Waals surface area contributed by atoms with E-state index in [1.165, 1.54) is 11.5 Å². The Morgan fingerprint density at radius 2 is 1.11 bits per heavy atom. The second-order valence-electron chi connectivity index (χ2n) is 3.58. The Morgan fingerprint density at radius 3 is 1.50 bits per heavy atom. The number of rotatable bonds is 13. The zero-order valence-corrected chi connectivity index (χ0v) is 12.2. The van der Waals surface area contributed by atoms with E-state index < -0.39 is 0 Å². The van der Waals surface area contributed by atoms with Crippen molar-refractivity contribution in [1.82, 2.24) is 0 Å². The minimum atomic E-state index is 0.613. The van der Waals surface area contributed by atoms with Gasteiger partial charge in [0, 0.05) is 11.5 Å². The minimum absolute atomic E-state index is 0.613. The van der Waals surface area contributed by atoms with Gasteiger partial charge in [0.15, 0.2) is 0 Å². The third-order valence-corrected chi connectivity index (χ3v) is 4.52. The highest BCUT2D eigenvalue weighted by Crippen LogP contribution is 2.10. The Kier molecular flexibility index (Phi) is 16.0. The van der Waals surface area contributed by atoms with E-state index in [9.17, 15) is 9.59 Å². The van der Waals surface area contributed by atoms with Gasteiger partial charge in [-0.15, -0.1) is 0 Å². The predicted octanol–water partition coefficient (Wildman–Crippen LogP) is 2.68. The number of unbranched alkanes of at least 4 members (excludes halogenated alkanes) is 2. The van der Waals surface area contributed by atoms with Crippen molar-refractivity contribution in [2.45, 2.75) is 25.7 Å². The molecule has 0 saturated heterocycles. The summed E-state index contributed by atoms with van der Waals surface area (Å²) in [6.07, 6.45) is 7.28. The molecule has 0 spiro atoms. The summed E-state index contributed by atoms with van der Waals surface area (Å²) in [6.45, 7) is 1.23. The van der Waals surface area contributed by atoms with Gasteiger partial charge in [-0.05, 0) is 37.2 Å². The Bertz CT molecular complexity index is 247. The molecule has 0 rings (SSSR count). The highest BCUT2D eigenvalue weighted by molar-refractivity contribution is 8.02. The van der Waals surface area contributed by atoms with Crippen LogP contribution in [0.3, 0.4) is 0 Å². The maximum atomic E-state index is 9.80. The lowest BCUT2D eigenvalue weighted by molar-refractivity contribution is 0.561. The molecule has 0 atom stereocenters. The van der Waals surface area contributed by atoms with E-state index in [1.54, 1.807) is 12.2 Å². The third kappa shape index (κ3) is 15.5. The van der Waals surface area contributed by atoms with Crippen molar-refractivity contribution in [3.63, 3.8) is 0 Å². The van der Waals surface area contributed by atoms with Crippen molar-refractivity contribution >= 4 is 35.7 Å². The maximum Gasteiger partial charge on any atom is 0.234 e. The van der Waals surface area contributed by atoms with E-state index in [0.29, 0.717) is 13.1 Å². The molecule has 0 aliphatic carbocycles. The van der Waals surface area contributed by atoms with Crippen molar-refractivity contribution in [2.75, 3.05) is 36.1 Å².